The number of nitrogens with one attached hydrogen (secondary N) is 1. The van der Waals surface area contributed by atoms with Crippen molar-refractivity contribution in [3.05, 3.63) is 35.4 Å². The van der Waals surface area contributed by atoms with Gasteiger partial charge >= 0.3 is 0 Å². The number of hydrogen-bond acceptors (Lipinski definition) is 2. The molecule has 2 atom stereocenters. The van der Waals surface area contributed by atoms with E-state index in [2.05, 4.69) is 10.2 Å². The van der Waals surface area contributed by atoms with E-state index in [1.807, 2.05) is 0 Å². The van der Waals surface area contributed by atoms with E-state index in [9.17, 15) is 13.6 Å². The molecule has 1 spiro atoms. The van der Waals surface area contributed by atoms with Crippen LogP contribution in [0.4, 0.5) is 8.78 Å². The predicted molar refractivity (Wildman–Crippen MR) is 80.1 cm³/mol. The Morgan fingerprint density at radius 3 is 3.00 bits per heavy atom. The van der Waals surface area contributed by atoms with Gasteiger partial charge in [0.05, 0.1) is 0 Å². The summed E-state index contributed by atoms with van der Waals surface area (Å²) >= 11 is 0. The molecule has 1 aromatic carbocycles. The van der Waals surface area contributed by atoms with Crippen molar-refractivity contribution < 1.29 is 13.6 Å². The highest BCUT2D eigenvalue weighted by atomic mass is 19.1. The van der Waals surface area contributed by atoms with Crippen LogP contribution in [0.15, 0.2) is 18.2 Å². The van der Waals surface area contributed by atoms with E-state index in [0.717, 1.165) is 44.8 Å². The van der Waals surface area contributed by atoms with E-state index in [4.69, 9.17) is 0 Å². The molecule has 22 heavy (non-hydrogen) atoms. The molecule has 1 N–H and O–H groups in total. The highest BCUT2D eigenvalue weighted by molar-refractivity contribution is 5.79. The Hall–Kier alpha value is -1.49. The van der Waals surface area contributed by atoms with Gasteiger partial charge < -0.3 is 5.32 Å². The Labute approximate surface area is 129 Å². The minimum atomic E-state index is -0.408. The maximum atomic E-state index is 13.8. The smallest absolute Gasteiger partial charge is 0.223 e. The van der Waals surface area contributed by atoms with Gasteiger partial charge in [-0.3, -0.25) is 9.69 Å². The van der Waals surface area contributed by atoms with Crippen LogP contribution in [0.2, 0.25) is 0 Å². The van der Waals surface area contributed by atoms with Crippen molar-refractivity contribution in [2.45, 2.75) is 32.2 Å². The highest BCUT2D eigenvalue weighted by Gasteiger charge is 2.49. The summed E-state index contributed by atoms with van der Waals surface area (Å²) in [6.45, 7) is 2.04. The van der Waals surface area contributed by atoms with E-state index < -0.39 is 5.82 Å². The lowest BCUT2D eigenvalue weighted by Gasteiger charge is -2.30. The third-order valence-corrected chi connectivity index (χ3v) is 5.34. The first kappa shape index (κ1) is 15.4. The Balaban J connectivity index is 1.72. The number of carbonyl (C=O) groups is 1. The van der Waals surface area contributed by atoms with Crippen molar-refractivity contribution >= 4 is 5.91 Å². The van der Waals surface area contributed by atoms with Gasteiger partial charge in [0.25, 0.3) is 0 Å². The number of amides is 1. The molecule has 1 heterocycles. The minimum Gasteiger partial charge on any atom is -0.359 e. The van der Waals surface area contributed by atoms with Gasteiger partial charge in [0.15, 0.2) is 0 Å². The van der Waals surface area contributed by atoms with Crippen molar-refractivity contribution in [3.8, 4) is 0 Å². The minimum absolute atomic E-state index is 0.0178. The highest BCUT2D eigenvalue weighted by Crippen LogP contribution is 2.50. The van der Waals surface area contributed by atoms with Gasteiger partial charge in [-0.2, -0.15) is 0 Å². The second kappa shape index (κ2) is 5.95. The molecule has 3 rings (SSSR count). The second-order valence-electron chi connectivity index (χ2n) is 6.62. The van der Waals surface area contributed by atoms with Crippen molar-refractivity contribution in [2.75, 3.05) is 20.1 Å². The van der Waals surface area contributed by atoms with Gasteiger partial charge in [0, 0.05) is 31.6 Å². The fourth-order valence-electron chi connectivity index (χ4n) is 4.24. The zero-order chi connectivity index (χ0) is 15.7. The van der Waals surface area contributed by atoms with Crippen molar-refractivity contribution in [3.63, 3.8) is 0 Å². The van der Waals surface area contributed by atoms with Crippen LogP contribution in [-0.4, -0.2) is 30.9 Å². The van der Waals surface area contributed by atoms with E-state index in [-0.39, 0.29) is 23.1 Å². The maximum Gasteiger partial charge on any atom is 0.223 e. The molecule has 0 bridgehead atoms. The maximum absolute atomic E-state index is 13.8. The first-order chi connectivity index (χ1) is 10.5. The normalized spacial score (nSPS) is 28.4. The largest absolute Gasteiger partial charge is 0.359 e. The topological polar surface area (TPSA) is 32.3 Å². The lowest BCUT2D eigenvalue weighted by Crippen LogP contribution is -2.39. The zero-order valence-electron chi connectivity index (χ0n) is 12.9. The molecule has 1 aliphatic heterocycles. The zero-order valence-corrected chi connectivity index (χ0v) is 12.9. The Bertz CT molecular complexity index is 578. The molecule has 1 saturated carbocycles. The number of nitrogens with zero attached hydrogens (tertiary/aromatic N) is 1. The summed E-state index contributed by atoms with van der Waals surface area (Å²) in [5.74, 6) is -0.595. The summed E-state index contributed by atoms with van der Waals surface area (Å²) in [4.78, 5) is 14.3. The molecule has 1 aliphatic carbocycles. The van der Waals surface area contributed by atoms with Crippen LogP contribution in [0, 0.1) is 23.0 Å². The molecule has 1 amide bonds. The van der Waals surface area contributed by atoms with Crippen LogP contribution >= 0.6 is 0 Å². The summed E-state index contributed by atoms with van der Waals surface area (Å²) < 4.78 is 27.1. The van der Waals surface area contributed by atoms with Gasteiger partial charge in [0.2, 0.25) is 5.91 Å². The molecule has 0 unspecified atom stereocenters. The fraction of sp³-hybridized carbons (Fsp3) is 0.588. The van der Waals surface area contributed by atoms with E-state index >= 15 is 0 Å². The third kappa shape index (κ3) is 2.74. The number of hydrogen-bond donors (Lipinski definition) is 1. The van der Waals surface area contributed by atoms with Crippen molar-refractivity contribution in [1.29, 1.82) is 0 Å². The summed E-state index contributed by atoms with van der Waals surface area (Å²) in [6.07, 6.45) is 4.01. The Kier molecular flexibility index (Phi) is 4.17. The van der Waals surface area contributed by atoms with Crippen LogP contribution in [-0.2, 0) is 11.3 Å². The predicted octanol–water partition coefficient (Wildman–Crippen LogP) is 2.70. The standard InChI is InChI=1S/C17H22F2N2O/c1-20-16(22)14-3-2-6-17(14)7-8-21(11-17)10-12-9-13(18)4-5-15(12)19/h4-5,9,14H,2-3,6-8,10-11H2,1H3,(H,20,22)/t14-,17+/m1/s1. The van der Waals surface area contributed by atoms with Gasteiger partial charge in [-0.25, -0.2) is 8.78 Å². The molecule has 1 saturated heterocycles. The third-order valence-electron chi connectivity index (χ3n) is 5.34. The van der Waals surface area contributed by atoms with Gasteiger partial charge in [-0.1, -0.05) is 6.42 Å². The fourth-order valence-corrected chi connectivity index (χ4v) is 4.24. The Morgan fingerprint density at radius 2 is 2.23 bits per heavy atom. The molecular formula is C17H22F2N2O. The first-order valence-electron chi connectivity index (χ1n) is 7.92. The van der Waals surface area contributed by atoms with Crippen LogP contribution in [0.1, 0.15) is 31.2 Å². The van der Waals surface area contributed by atoms with E-state index in [1.165, 1.54) is 12.1 Å². The van der Waals surface area contributed by atoms with E-state index in [0.29, 0.717) is 12.1 Å². The average molecular weight is 308 g/mol. The first-order valence-corrected chi connectivity index (χ1v) is 7.92. The molecule has 0 radical (unpaired) electrons. The van der Waals surface area contributed by atoms with Crippen LogP contribution in [0.5, 0.6) is 0 Å². The van der Waals surface area contributed by atoms with E-state index in [1.54, 1.807) is 7.05 Å². The molecule has 0 aromatic heterocycles. The number of likely N-dealkylation sites (tertiary alicyclic amines) is 1. The molecule has 1 aromatic rings. The molecule has 3 nitrogen and oxygen atoms in total. The Morgan fingerprint density at radius 1 is 1.41 bits per heavy atom. The molecule has 5 heteroatoms. The summed E-state index contributed by atoms with van der Waals surface area (Å²) in [5, 5.41) is 2.77. The lowest BCUT2D eigenvalue weighted by molar-refractivity contribution is -0.127. The molecule has 2 fully saturated rings. The lowest BCUT2D eigenvalue weighted by atomic mass is 9.76. The van der Waals surface area contributed by atoms with Gasteiger partial charge in [-0.05, 0) is 49.4 Å². The number of carbonyl (C=O) groups excluding carboxylic acids is 1. The average Bonchev–Trinajstić information content (AvgIpc) is 3.10. The summed E-state index contributed by atoms with van der Waals surface area (Å²) in [6, 6.07) is 3.59. The quantitative estimate of drug-likeness (QED) is 0.931. The monoisotopic (exact) mass is 308 g/mol. The SMILES string of the molecule is CNC(=O)[C@H]1CCC[C@@]12CCN(Cc1cc(F)ccc1F)C2. The summed E-state index contributed by atoms with van der Waals surface area (Å²) in [7, 11) is 1.68. The number of halogens is 2. The van der Waals surface area contributed by atoms with Crippen LogP contribution in [0.25, 0.3) is 0 Å². The van der Waals surface area contributed by atoms with Crippen LogP contribution < -0.4 is 5.32 Å². The van der Waals surface area contributed by atoms with Gasteiger partial charge in [0.1, 0.15) is 11.6 Å². The number of benzene rings is 1. The van der Waals surface area contributed by atoms with Crippen molar-refractivity contribution in [2.24, 2.45) is 11.3 Å². The van der Waals surface area contributed by atoms with Gasteiger partial charge in [-0.15, -0.1) is 0 Å². The number of rotatable bonds is 3. The van der Waals surface area contributed by atoms with Crippen LogP contribution in [0.3, 0.4) is 0 Å². The van der Waals surface area contributed by atoms with Crippen molar-refractivity contribution in [1.82, 2.24) is 10.2 Å². The second-order valence-corrected chi connectivity index (χ2v) is 6.62. The molecule has 120 valence electrons. The molecule has 2 aliphatic rings. The molecular weight excluding hydrogens is 286 g/mol. The summed E-state index contributed by atoms with van der Waals surface area (Å²) in [5.41, 5.74) is 0.413.